The van der Waals surface area contributed by atoms with Gasteiger partial charge < -0.3 is 0 Å². The van der Waals surface area contributed by atoms with Crippen molar-refractivity contribution in [3.05, 3.63) is 163 Å². The van der Waals surface area contributed by atoms with Crippen LogP contribution in [0.3, 0.4) is 0 Å². The van der Waals surface area contributed by atoms with E-state index in [4.69, 9.17) is 0 Å². The Kier molecular flexibility index (Phi) is 8.17. The fourth-order valence-electron chi connectivity index (χ4n) is 4.32. The Bertz CT molecular complexity index is 1380. The third-order valence-electron chi connectivity index (χ3n) is 6.18. The number of Topliss-reactive ketones (excluding diaryl/α,β-unsaturated/α-hetero) is 1. The molecular weight excluding hydrogens is 486 g/mol. The highest BCUT2D eigenvalue weighted by molar-refractivity contribution is 7.84. The van der Waals surface area contributed by atoms with Crippen LogP contribution in [0, 0.1) is 0 Å². The molecule has 0 aliphatic carbocycles. The molecule has 1 nitrogen and oxygen atoms in total. The van der Waals surface area contributed by atoms with Gasteiger partial charge in [0.1, 0.15) is 0 Å². The third-order valence-corrected chi connectivity index (χ3v) is 11.1. The molecule has 0 spiro atoms. The number of carbonyl (C=O) groups excluding carboxylic acids is 1. The van der Waals surface area contributed by atoms with Crippen LogP contribution in [0.25, 0.3) is 5.31 Å². The van der Waals surface area contributed by atoms with Crippen molar-refractivity contribution in [1.29, 1.82) is 0 Å². The maximum atomic E-state index is 12.0. The molecule has 0 aliphatic rings. The summed E-state index contributed by atoms with van der Waals surface area (Å²) in [4.78, 5) is 12.0. The molecule has 0 saturated carbocycles. The van der Waals surface area contributed by atoms with Crippen molar-refractivity contribution in [2.24, 2.45) is 0 Å². The lowest BCUT2D eigenvalue weighted by Crippen LogP contribution is -2.14. The van der Waals surface area contributed by atoms with Crippen molar-refractivity contribution in [2.45, 2.75) is 6.92 Å². The van der Waals surface area contributed by atoms with Gasteiger partial charge in [0.2, 0.25) is 0 Å². The molecule has 0 bridgehead atoms. The first-order valence-electron chi connectivity index (χ1n) is 12.3. The number of rotatable bonds is 8. The summed E-state index contributed by atoms with van der Waals surface area (Å²) in [5.74, 6) is 2.59. The van der Waals surface area contributed by atoms with Gasteiger partial charge in [-0.3, -0.25) is 4.79 Å². The molecule has 0 heterocycles. The van der Waals surface area contributed by atoms with Gasteiger partial charge in [0.15, 0.2) is 5.78 Å². The molecule has 0 unspecified atom stereocenters. The summed E-state index contributed by atoms with van der Waals surface area (Å²) in [5, 5.41) is 6.56. The Morgan fingerprint density at radius 3 is 1.22 bits per heavy atom. The predicted octanol–water partition coefficient (Wildman–Crippen LogP) is 7.45. The Balaban J connectivity index is 1.77. The van der Waals surface area contributed by atoms with E-state index in [2.05, 4.69) is 139 Å². The van der Waals surface area contributed by atoms with Crippen LogP contribution < -0.4 is 21.2 Å². The molecule has 0 saturated heterocycles. The molecule has 0 radical (unpaired) electrons. The van der Waals surface area contributed by atoms with Gasteiger partial charge in [-0.2, -0.15) is 0 Å². The summed E-state index contributed by atoms with van der Waals surface area (Å²) < 4.78 is 0. The summed E-state index contributed by atoms with van der Waals surface area (Å²) in [7, 11) is -1.60. The zero-order valence-electron chi connectivity index (χ0n) is 20.7. The number of carbonyl (C=O) groups is 1. The van der Waals surface area contributed by atoms with Crippen LogP contribution in [0.4, 0.5) is 0 Å². The van der Waals surface area contributed by atoms with E-state index in [0.29, 0.717) is 0 Å². The van der Waals surface area contributed by atoms with Crippen molar-refractivity contribution in [3.63, 3.8) is 0 Å². The van der Waals surface area contributed by atoms with Crippen LogP contribution in [-0.4, -0.2) is 5.78 Å². The van der Waals surface area contributed by atoms with Crippen LogP contribution in [0.1, 0.15) is 22.8 Å². The van der Waals surface area contributed by atoms with Crippen molar-refractivity contribution in [2.75, 3.05) is 0 Å². The second-order valence-corrected chi connectivity index (χ2v) is 12.9. The summed E-state index contributed by atoms with van der Waals surface area (Å²) in [5.41, 5.74) is 1.89. The van der Waals surface area contributed by atoms with Gasteiger partial charge in [0.25, 0.3) is 0 Å². The fraction of sp³-hybridized carbons (Fsp3) is 0.0294. The summed E-state index contributed by atoms with van der Waals surface area (Å²) in [6.45, 7) is 1.62. The van der Waals surface area contributed by atoms with Crippen LogP contribution in [0.2, 0.25) is 0 Å². The minimum atomic E-state index is -0.836. The minimum Gasteiger partial charge on any atom is -0.295 e. The smallest absolute Gasteiger partial charge is 0.159 e. The quantitative estimate of drug-likeness (QED) is 0.155. The first-order valence-corrected chi connectivity index (χ1v) is 15.1. The molecule has 0 fully saturated rings. The van der Waals surface area contributed by atoms with E-state index in [-0.39, 0.29) is 5.78 Å². The Morgan fingerprint density at radius 2 is 0.838 bits per heavy atom. The number of hydrogen-bond donors (Lipinski definition) is 0. The van der Waals surface area contributed by atoms with Gasteiger partial charge in [-0.15, -0.1) is 0 Å². The molecule has 0 N–H and O–H groups in total. The maximum Gasteiger partial charge on any atom is 0.159 e. The van der Waals surface area contributed by atoms with Crippen LogP contribution in [-0.2, 0) is 0 Å². The Labute approximate surface area is 222 Å². The zero-order valence-corrected chi connectivity index (χ0v) is 22.5. The molecule has 0 atom stereocenters. The molecule has 37 heavy (non-hydrogen) atoms. The van der Waals surface area contributed by atoms with E-state index in [1.807, 2.05) is 12.1 Å². The largest absolute Gasteiger partial charge is 0.295 e. The topological polar surface area (TPSA) is 17.1 Å². The minimum absolute atomic E-state index is 0.0845. The predicted molar refractivity (Wildman–Crippen MR) is 163 cm³/mol. The van der Waals surface area contributed by atoms with Crippen LogP contribution in [0.15, 0.2) is 151 Å². The molecule has 5 aromatic rings. The zero-order chi connectivity index (χ0) is 25.5. The van der Waals surface area contributed by atoms with Crippen molar-refractivity contribution in [3.8, 4) is 0 Å². The lowest BCUT2D eigenvalue weighted by atomic mass is 10.1. The number of hydrogen-bond acceptors (Lipinski definition) is 1. The van der Waals surface area contributed by atoms with Crippen LogP contribution >= 0.6 is 15.8 Å². The molecule has 180 valence electrons. The van der Waals surface area contributed by atoms with E-state index in [1.54, 1.807) is 6.92 Å². The van der Waals surface area contributed by atoms with E-state index in [9.17, 15) is 4.79 Å². The molecule has 5 aromatic carbocycles. The first-order chi connectivity index (χ1) is 18.2. The fourth-order valence-corrected chi connectivity index (χ4v) is 9.30. The summed E-state index contributed by atoms with van der Waals surface area (Å²) in [6.07, 6.45) is 0. The van der Waals surface area contributed by atoms with E-state index in [1.165, 1.54) is 26.5 Å². The second kappa shape index (κ2) is 12.1. The van der Waals surface area contributed by atoms with Crippen LogP contribution in [0.5, 0.6) is 0 Å². The molecule has 3 heteroatoms. The maximum absolute atomic E-state index is 12.0. The molecule has 0 aliphatic heterocycles. The summed E-state index contributed by atoms with van der Waals surface area (Å²) in [6, 6.07) is 51.4. The summed E-state index contributed by atoms with van der Waals surface area (Å²) >= 11 is 0. The number of ketones is 1. The Morgan fingerprint density at radius 1 is 0.486 bits per heavy atom. The van der Waals surface area contributed by atoms with Gasteiger partial charge in [0.05, 0.1) is 0 Å². The van der Waals surface area contributed by atoms with E-state index >= 15 is 0 Å². The van der Waals surface area contributed by atoms with Crippen molar-refractivity contribution in [1.82, 2.24) is 0 Å². The molecule has 5 rings (SSSR count). The monoisotopic (exact) mass is 514 g/mol. The Hall–Kier alpha value is -3.63. The highest BCUT2D eigenvalue weighted by Gasteiger charge is 2.23. The highest BCUT2D eigenvalue weighted by Crippen LogP contribution is 2.53. The second-order valence-electron chi connectivity index (χ2n) is 8.70. The van der Waals surface area contributed by atoms with Gasteiger partial charge in [-0.1, -0.05) is 146 Å². The molecule has 0 aromatic heterocycles. The van der Waals surface area contributed by atoms with Gasteiger partial charge in [0, 0.05) is 5.56 Å². The van der Waals surface area contributed by atoms with E-state index in [0.717, 1.165) is 11.1 Å². The van der Waals surface area contributed by atoms with E-state index < -0.39 is 15.8 Å². The molecule has 0 amide bonds. The first kappa shape index (κ1) is 25.0. The van der Waals surface area contributed by atoms with Gasteiger partial charge in [-0.05, 0) is 60.7 Å². The van der Waals surface area contributed by atoms with Gasteiger partial charge in [-0.25, -0.2) is 0 Å². The standard InChI is InChI=1S/C34H28OP2/c1-27(35)28-22-24-29(25-23-28)34(37(32-18-10-4-11-19-32)33-20-12-5-13-21-33)26-36(30-14-6-2-7-15-30)31-16-8-3-9-17-31/h2-26H,1H3/b34-26+. The van der Waals surface area contributed by atoms with Gasteiger partial charge >= 0.3 is 0 Å². The van der Waals surface area contributed by atoms with Crippen molar-refractivity contribution >= 4 is 48.2 Å². The highest BCUT2D eigenvalue weighted by atomic mass is 31.1. The average molecular weight is 515 g/mol. The number of benzene rings is 5. The SMILES string of the molecule is CC(=O)c1ccc(/C(=C\P(c2ccccc2)c2ccccc2)P(c2ccccc2)c2ccccc2)cc1. The lowest BCUT2D eigenvalue weighted by molar-refractivity contribution is 0.101. The van der Waals surface area contributed by atoms with Crippen molar-refractivity contribution < 1.29 is 4.79 Å². The third kappa shape index (κ3) is 6.03. The lowest BCUT2D eigenvalue weighted by Gasteiger charge is -2.25. The average Bonchev–Trinajstić information content (AvgIpc) is 2.97. The normalized spacial score (nSPS) is 11.6. The molecular formula is C34H28OP2.